The smallest absolute Gasteiger partial charge is 0.426 e. The Labute approximate surface area is 207 Å². The lowest BCUT2D eigenvalue weighted by Gasteiger charge is -2.45. The van der Waals surface area contributed by atoms with Crippen LogP contribution in [0.4, 0.5) is 37.0 Å². The number of halogens is 7. The van der Waals surface area contributed by atoms with E-state index in [0.717, 1.165) is 17.7 Å². The highest BCUT2D eigenvalue weighted by Gasteiger charge is 2.60. The molecule has 0 N–H and O–H groups in total. The SMILES string of the molecule is O=C(OC(C(F)(F)F)C(F)(F)F)N1CCC2(CCCN2C(=O)c2cnc(Cl)nc2N2CCCC2)CC1. The fraction of sp³-hybridized carbons (Fsp3) is 0.714. The molecule has 15 heteroatoms. The lowest BCUT2D eigenvalue weighted by molar-refractivity contribution is -0.308. The van der Waals surface area contributed by atoms with Crippen LogP contribution in [0.25, 0.3) is 0 Å². The van der Waals surface area contributed by atoms with Gasteiger partial charge in [-0.25, -0.2) is 9.78 Å². The van der Waals surface area contributed by atoms with Crippen LogP contribution in [0.15, 0.2) is 6.20 Å². The molecule has 1 aromatic heterocycles. The van der Waals surface area contributed by atoms with E-state index in [9.17, 15) is 35.9 Å². The van der Waals surface area contributed by atoms with E-state index in [1.807, 2.05) is 4.90 Å². The lowest BCUT2D eigenvalue weighted by Crippen LogP contribution is -2.56. The van der Waals surface area contributed by atoms with Gasteiger partial charge in [0.1, 0.15) is 11.4 Å². The molecule has 4 heterocycles. The van der Waals surface area contributed by atoms with Crippen LogP contribution in [0.2, 0.25) is 5.28 Å². The average molecular weight is 544 g/mol. The average Bonchev–Trinajstić information content (AvgIpc) is 3.46. The number of nitrogens with zero attached hydrogens (tertiary/aromatic N) is 5. The van der Waals surface area contributed by atoms with Gasteiger partial charge in [-0.1, -0.05) is 0 Å². The summed E-state index contributed by atoms with van der Waals surface area (Å²) in [6.07, 6.45) is -12.6. The number of hydrogen-bond donors (Lipinski definition) is 0. The number of carbonyl (C=O) groups is 2. The number of rotatable bonds is 3. The zero-order chi connectivity index (χ0) is 26.3. The highest BCUT2D eigenvalue weighted by molar-refractivity contribution is 6.28. The summed E-state index contributed by atoms with van der Waals surface area (Å²) in [7, 11) is 0. The summed E-state index contributed by atoms with van der Waals surface area (Å²) in [5, 5.41) is 0.00687. The van der Waals surface area contributed by atoms with Gasteiger partial charge in [0.05, 0.1) is 0 Å². The summed E-state index contributed by atoms with van der Waals surface area (Å²) in [4.78, 5) is 38.4. The molecule has 36 heavy (non-hydrogen) atoms. The number of alkyl halides is 6. The van der Waals surface area contributed by atoms with Crippen molar-refractivity contribution in [1.29, 1.82) is 0 Å². The predicted octanol–water partition coefficient (Wildman–Crippen LogP) is 4.43. The fourth-order valence-corrected chi connectivity index (χ4v) is 5.32. The zero-order valence-electron chi connectivity index (χ0n) is 19.0. The van der Waals surface area contributed by atoms with Crippen molar-refractivity contribution in [3.8, 4) is 0 Å². The number of aromatic nitrogens is 2. The third-order valence-corrected chi connectivity index (χ3v) is 7.16. The van der Waals surface area contributed by atoms with Crippen molar-refractivity contribution in [3.63, 3.8) is 0 Å². The molecular formula is C21H24ClF6N5O3. The summed E-state index contributed by atoms with van der Waals surface area (Å²) in [6.45, 7) is 1.54. The maximum absolute atomic E-state index is 13.6. The van der Waals surface area contributed by atoms with Gasteiger partial charge in [-0.15, -0.1) is 0 Å². The van der Waals surface area contributed by atoms with Crippen LogP contribution >= 0.6 is 11.6 Å². The van der Waals surface area contributed by atoms with E-state index >= 15 is 0 Å². The van der Waals surface area contributed by atoms with Gasteiger partial charge in [0.15, 0.2) is 0 Å². The van der Waals surface area contributed by atoms with E-state index in [1.165, 1.54) is 6.20 Å². The van der Waals surface area contributed by atoms with Gasteiger partial charge >= 0.3 is 18.4 Å². The van der Waals surface area contributed by atoms with E-state index in [0.29, 0.717) is 38.3 Å². The minimum Gasteiger partial charge on any atom is -0.426 e. The molecule has 0 saturated carbocycles. The monoisotopic (exact) mass is 543 g/mol. The third kappa shape index (κ3) is 5.28. The first-order chi connectivity index (χ1) is 16.8. The molecule has 3 fully saturated rings. The number of ether oxygens (including phenoxy) is 1. The van der Waals surface area contributed by atoms with E-state index in [1.54, 1.807) is 4.90 Å². The first-order valence-electron chi connectivity index (χ1n) is 11.5. The highest BCUT2D eigenvalue weighted by Crippen LogP contribution is 2.41. The van der Waals surface area contributed by atoms with Crippen LogP contribution in [-0.2, 0) is 4.74 Å². The normalized spacial score (nSPS) is 20.5. The maximum atomic E-state index is 13.6. The molecule has 0 aliphatic carbocycles. The van der Waals surface area contributed by atoms with E-state index in [2.05, 4.69) is 14.7 Å². The first-order valence-corrected chi connectivity index (χ1v) is 11.9. The first kappa shape index (κ1) is 26.6. The second kappa shape index (κ2) is 9.75. The van der Waals surface area contributed by atoms with Crippen molar-refractivity contribution in [3.05, 3.63) is 17.0 Å². The number of likely N-dealkylation sites (tertiary alicyclic amines) is 2. The van der Waals surface area contributed by atoms with Crippen LogP contribution < -0.4 is 4.90 Å². The Hall–Kier alpha value is -2.51. The van der Waals surface area contributed by atoms with Gasteiger partial charge in [0.25, 0.3) is 12.0 Å². The fourth-order valence-electron chi connectivity index (χ4n) is 5.19. The molecule has 0 radical (unpaired) electrons. The molecule has 2 amide bonds. The van der Waals surface area contributed by atoms with Crippen molar-refractivity contribution >= 4 is 29.4 Å². The number of anilines is 1. The van der Waals surface area contributed by atoms with Gasteiger partial charge in [-0.2, -0.15) is 31.3 Å². The third-order valence-electron chi connectivity index (χ3n) is 6.98. The Morgan fingerprint density at radius 3 is 2.14 bits per heavy atom. The van der Waals surface area contributed by atoms with Crippen molar-refractivity contribution in [2.24, 2.45) is 0 Å². The zero-order valence-corrected chi connectivity index (χ0v) is 19.8. The van der Waals surface area contributed by atoms with Crippen LogP contribution in [0, 0.1) is 0 Å². The number of amides is 2. The van der Waals surface area contributed by atoms with Gasteiger partial charge in [-0.3, -0.25) is 4.79 Å². The largest absolute Gasteiger partial charge is 0.434 e. The molecule has 3 aliphatic heterocycles. The Morgan fingerprint density at radius 2 is 1.56 bits per heavy atom. The van der Waals surface area contributed by atoms with Crippen molar-refractivity contribution in [2.45, 2.75) is 62.5 Å². The molecule has 3 aliphatic rings. The van der Waals surface area contributed by atoms with Crippen LogP contribution in [0.1, 0.15) is 48.9 Å². The van der Waals surface area contributed by atoms with E-state index in [4.69, 9.17) is 11.6 Å². The lowest BCUT2D eigenvalue weighted by atomic mass is 9.84. The second-order valence-electron chi connectivity index (χ2n) is 9.19. The number of piperidine rings is 1. The molecular weight excluding hydrogens is 520 g/mol. The molecule has 0 aromatic carbocycles. The Bertz CT molecular complexity index is 979. The van der Waals surface area contributed by atoms with Gasteiger partial charge in [0, 0.05) is 44.5 Å². The van der Waals surface area contributed by atoms with Gasteiger partial charge < -0.3 is 19.4 Å². The molecule has 1 spiro atoms. The van der Waals surface area contributed by atoms with Gasteiger partial charge in [-0.05, 0) is 50.1 Å². The Balaban J connectivity index is 1.47. The van der Waals surface area contributed by atoms with E-state index < -0.39 is 30.1 Å². The summed E-state index contributed by atoms with van der Waals surface area (Å²) in [5.41, 5.74) is -0.411. The van der Waals surface area contributed by atoms with Crippen molar-refractivity contribution in [2.75, 3.05) is 37.6 Å². The predicted molar refractivity (Wildman–Crippen MR) is 115 cm³/mol. The van der Waals surface area contributed by atoms with Gasteiger partial charge in [0.2, 0.25) is 5.28 Å². The minimum absolute atomic E-state index is 0.00687. The molecule has 0 unspecified atom stereocenters. The summed E-state index contributed by atoms with van der Waals surface area (Å²) < 4.78 is 80.5. The topological polar surface area (TPSA) is 78.9 Å². The summed E-state index contributed by atoms with van der Waals surface area (Å²) >= 11 is 5.98. The molecule has 4 rings (SSSR count). The molecule has 0 atom stereocenters. The van der Waals surface area contributed by atoms with Crippen LogP contribution in [0.3, 0.4) is 0 Å². The maximum Gasteiger partial charge on any atom is 0.434 e. The molecule has 0 bridgehead atoms. The summed E-state index contributed by atoms with van der Waals surface area (Å²) in [5.74, 6) is 0.113. The molecule has 3 saturated heterocycles. The number of hydrogen-bond acceptors (Lipinski definition) is 6. The molecule has 1 aromatic rings. The van der Waals surface area contributed by atoms with Crippen LogP contribution in [0.5, 0.6) is 0 Å². The van der Waals surface area contributed by atoms with Crippen molar-refractivity contribution < 1.29 is 40.7 Å². The second-order valence-corrected chi connectivity index (χ2v) is 9.53. The quantitative estimate of drug-likeness (QED) is 0.415. The van der Waals surface area contributed by atoms with E-state index in [-0.39, 0.29) is 42.7 Å². The standard InChI is InChI=1S/C21H24ClF6N5O3/c22-17-29-12-13(14(30-17)31-7-1-2-8-31)15(34)33-9-3-4-19(33)5-10-32(11-6-19)18(35)36-16(20(23,24)25)21(26,27)28/h12,16H,1-11H2. The number of carbonyl (C=O) groups excluding carboxylic acids is 2. The van der Waals surface area contributed by atoms with Crippen molar-refractivity contribution in [1.82, 2.24) is 19.8 Å². The highest BCUT2D eigenvalue weighted by atomic mass is 35.5. The molecule has 8 nitrogen and oxygen atoms in total. The summed E-state index contributed by atoms with van der Waals surface area (Å²) in [6, 6.07) is 0. The molecule has 200 valence electrons. The Morgan fingerprint density at radius 1 is 0.944 bits per heavy atom. The minimum atomic E-state index is -5.78. The van der Waals surface area contributed by atoms with Crippen LogP contribution in [-0.4, -0.2) is 88.5 Å². The Kier molecular flexibility index (Phi) is 7.19.